The highest BCUT2D eigenvalue weighted by atomic mass is 79.9. The van der Waals surface area contributed by atoms with Crippen LogP contribution >= 0.6 is 15.9 Å². The standard InChI is InChI=1S/C12H12BrN5O/c1-18-6-10(16-17-18)15-12(19)9-4-8(13)5-14-11(9)7-2-3-7/h4-7H,2-3H2,1H3,(H,15,19). The summed E-state index contributed by atoms with van der Waals surface area (Å²) in [5, 5.41) is 10.4. The van der Waals surface area contributed by atoms with Crippen LogP contribution in [0.5, 0.6) is 0 Å². The minimum Gasteiger partial charge on any atom is -0.304 e. The first kappa shape index (κ1) is 12.3. The number of carbonyl (C=O) groups excluding carboxylic acids is 1. The molecule has 2 heterocycles. The molecule has 0 aromatic carbocycles. The molecule has 0 saturated heterocycles. The van der Waals surface area contributed by atoms with Crippen LogP contribution in [0.1, 0.15) is 34.8 Å². The van der Waals surface area contributed by atoms with Gasteiger partial charge in [0.25, 0.3) is 5.91 Å². The van der Waals surface area contributed by atoms with Gasteiger partial charge in [-0.05, 0) is 34.8 Å². The number of nitrogens with zero attached hydrogens (tertiary/aromatic N) is 4. The maximum Gasteiger partial charge on any atom is 0.258 e. The van der Waals surface area contributed by atoms with Gasteiger partial charge in [0.2, 0.25) is 0 Å². The van der Waals surface area contributed by atoms with Gasteiger partial charge in [0, 0.05) is 23.6 Å². The summed E-state index contributed by atoms with van der Waals surface area (Å²) in [6, 6.07) is 1.80. The molecule has 2 aromatic heterocycles. The molecule has 0 bridgehead atoms. The van der Waals surface area contributed by atoms with Crippen LogP contribution in [-0.2, 0) is 7.05 Å². The Bertz CT molecular complexity index is 635. The third-order valence-corrected chi connectivity index (χ3v) is 3.37. The highest BCUT2D eigenvalue weighted by Crippen LogP contribution is 2.41. The van der Waals surface area contributed by atoms with E-state index in [2.05, 4.69) is 36.5 Å². The molecule has 0 radical (unpaired) electrons. The fourth-order valence-electron chi connectivity index (χ4n) is 1.90. The Hall–Kier alpha value is -1.76. The molecule has 1 aliphatic rings. The van der Waals surface area contributed by atoms with E-state index in [-0.39, 0.29) is 5.91 Å². The van der Waals surface area contributed by atoms with Crippen molar-refractivity contribution in [1.82, 2.24) is 20.0 Å². The summed E-state index contributed by atoms with van der Waals surface area (Å²) in [5.41, 5.74) is 1.46. The fraction of sp³-hybridized carbons (Fsp3) is 0.333. The van der Waals surface area contributed by atoms with E-state index in [4.69, 9.17) is 0 Å². The van der Waals surface area contributed by atoms with E-state index in [0.717, 1.165) is 23.0 Å². The van der Waals surface area contributed by atoms with Gasteiger partial charge in [-0.1, -0.05) is 5.21 Å². The molecule has 3 rings (SSSR count). The molecule has 0 spiro atoms. The molecule has 6 nitrogen and oxygen atoms in total. The summed E-state index contributed by atoms with van der Waals surface area (Å²) >= 11 is 3.35. The van der Waals surface area contributed by atoms with Gasteiger partial charge in [-0.15, -0.1) is 5.10 Å². The number of pyridine rings is 1. The topological polar surface area (TPSA) is 72.7 Å². The van der Waals surface area contributed by atoms with Gasteiger partial charge in [-0.25, -0.2) is 0 Å². The van der Waals surface area contributed by atoms with E-state index in [1.54, 1.807) is 25.5 Å². The van der Waals surface area contributed by atoms with E-state index in [0.29, 0.717) is 17.3 Å². The minimum absolute atomic E-state index is 0.198. The number of anilines is 1. The number of carbonyl (C=O) groups is 1. The zero-order valence-electron chi connectivity index (χ0n) is 10.3. The maximum atomic E-state index is 12.3. The molecule has 7 heteroatoms. The lowest BCUT2D eigenvalue weighted by Crippen LogP contribution is -2.15. The molecule has 1 aliphatic carbocycles. The second kappa shape index (κ2) is 4.73. The zero-order chi connectivity index (χ0) is 13.4. The van der Waals surface area contributed by atoms with Gasteiger partial charge in [0.15, 0.2) is 5.82 Å². The van der Waals surface area contributed by atoms with E-state index in [9.17, 15) is 4.79 Å². The van der Waals surface area contributed by atoms with Crippen LogP contribution in [0.4, 0.5) is 5.82 Å². The summed E-state index contributed by atoms with van der Waals surface area (Å²) in [6.07, 6.45) is 5.58. The first-order valence-corrected chi connectivity index (χ1v) is 6.76. The second-order valence-corrected chi connectivity index (χ2v) is 5.51. The summed E-state index contributed by atoms with van der Waals surface area (Å²) in [6.45, 7) is 0. The van der Waals surface area contributed by atoms with Crippen LogP contribution in [0.15, 0.2) is 22.9 Å². The average molecular weight is 322 g/mol. The van der Waals surface area contributed by atoms with Crippen molar-refractivity contribution < 1.29 is 4.79 Å². The van der Waals surface area contributed by atoms with Crippen molar-refractivity contribution in [3.63, 3.8) is 0 Å². The Morgan fingerprint density at radius 3 is 2.95 bits per heavy atom. The number of hydrogen-bond acceptors (Lipinski definition) is 4. The average Bonchev–Trinajstić information content (AvgIpc) is 3.13. The van der Waals surface area contributed by atoms with Crippen molar-refractivity contribution in [1.29, 1.82) is 0 Å². The monoisotopic (exact) mass is 321 g/mol. The van der Waals surface area contributed by atoms with Crippen molar-refractivity contribution in [2.24, 2.45) is 7.05 Å². The Morgan fingerprint density at radius 1 is 1.53 bits per heavy atom. The summed E-state index contributed by atoms with van der Waals surface area (Å²) in [4.78, 5) is 16.6. The third kappa shape index (κ3) is 2.65. The molecule has 0 aliphatic heterocycles. The van der Waals surface area contributed by atoms with Crippen LogP contribution in [0.25, 0.3) is 0 Å². The molecule has 19 heavy (non-hydrogen) atoms. The number of amides is 1. The number of halogens is 1. The predicted molar refractivity (Wildman–Crippen MR) is 72.9 cm³/mol. The van der Waals surface area contributed by atoms with Crippen molar-refractivity contribution in [3.05, 3.63) is 34.2 Å². The van der Waals surface area contributed by atoms with Crippen LogP contribution in [0, 0.1) is 0 Å². The van der Waals surface area contributed by atoms with Crippen molar-refractivity contribution in [2.45, 2.75) is 18.8 Å². The molecular formula is C12H12BrN5O. The van der Waals surface area contributed by atoms with Gasteiger partial charge in [0.1, 0.15) is 0 Å². The molecular weight excluding hydrogens is 310 g/mol. The third-order valence-electron chi connectivity index (χ3n) is 2.94. The molecule has 1 N–H and O–H groups in total. The van der Waals surface area contributed by atoms with E-state index in [1.165, 1.54) is 4.68 Å². The number of aromatic nitrogens is 4. The lowest BCUT2D eigenvalue weighted by molar-refractivity contribution is 0.102. The fourth-order valence-corrected chi connectivity index (χ4v) is 2.23. The number of hydrogen-bond donors (Lipinski definition) is 1. The van der Waals surface area contributed by atoms with E-state index >= 15 is 0 Å². The second-order valence-electron chi connectivity index (χ2n) is 4.59. The highest BCUT2D eigenvalue weighted by molar-refractivity contribution is 9.10. The lowest BCUT2D eigenvalue weighted by Gasteiger charge is -2.07. The Balaban J connectivity index is 1.88. The molecule has 0 unspecified atom stereocenters. The molecule has 0 atom stereocenters. The number of nitrogens with one attached hydrogen (secondary N) is 1. The summed E-state index contributed by atoms with van der Waals surface area (Å²) < 4.78 is 2.33. The van der Waals surface area contributed by atoms with Gasteiger partial charge >= 0.3 is 0 Å². The number of rotatable bonds is 3. The normalized spacial score (nSPS) is 14.4. The van der Waals surface area contributed by atoms with Crippen molar-refractivity contribution in [2.75, 3.05) is 5.32 Å². The first-order chi connectivity index (χ1) is 9.13. The van der Waals surface area contributed by atoms with Gasteiger partial charge in [0.05, 0.1) is 17.5 Å². The van der Waals surface area contributed by atoms with E-state index in [1.807, 2.05) is 0 Å². The Morgan fingerprint density at radius 2 is 2.32 bits per heavy atom. The van der Waals surface area contributed by atoms with Crippen LogP contribution in [-0.4, -0.2) is 25.9 Å². The SMILES string of the molecule is Cn1cc(NC(=O)c2cc(Br)cnc2C2CC2)nn1. The largest absolute Gasteiger partial charge is 0.304 e. The van der Waals surface area contributed by atoms with Crippen LogP contribution in [0.2, 0.25) is 0 Å². The van der Waals surface area contributed by atoms with Gasteiger partial charge in [-0.2, -0.15) is 0 Å². The van der Waals surface area contributed by atoms with E-state index < -0.39 is 0 Å². The molecule has 2 aromatic rings. The summed E-state index contributed by atoms with van der Waals surface area (Å²) in [7, 11) is 1.75. The van der Waals surface area contributed by atoms with Crippen LogP contribution in [0.3, 0.4) is 0 Å². The molecule has 98 valence electrons. The number of aryl methyl sites for hydroxylation is 1. The Labute approximate surface area is 118 Å². The summed E-state index contributed by atoms with van der Waals surface area (Å²) in [5.74, 6) is 0.654. The van der Waals surface area contributed by atoms with Gasteiger partial charge in [-0.3, -0.25) is 14.5 Å². The minimum atomic E-state index is -0.198. The molecule has 1 amide bonds. The zero-order valence-corrected chi connectivity index (χ0v) is 11.9. The van der Waals surface area contributed by atoms with Crippen LogP contribution < -0.4 is 5.32 Å². The highest BCUT2D eigenvalue weighted by Gasteiger charge is 2.29. The maximum absolute atomic E-state index is 12.3. The van der Waals surface area contributed by atoms with Gasteiger partial charge < -0.3 is 5.32 Å². The van der Waals surface area contributed by atoms with Crippen molar-refractivity contribution >= 4 is 27.7 Å². The van der Waals surface area contributed by atoms with Crippen molar-refractivity contribution in [3.8, 4) is 0 Å². The predicted octanol–water partition coefficient (Wildman–Crippen LogP) is 2.10. The lowest BCUT2D eigenvalue weighted by atomic mass is 10.1. The smallest absolute Gasteiger partial charge is 0.258 e. The molecule has 1 saturated carbocycles. The first-order valence-electron chi connectivity index (χ1n) is 5.96. The molecule has 1 fully saturated rings. The Kier molecular flexibility index (Phi) is 3.06. The quantitative estimate of drug-likeness (QED) is 0.939.